The molecule has 0 aromatic heterocycles. The lowest BCUT2D eigenvalue weighted by Crippen LogP contribution is -2.40. The van der Waals surface area contributed by atoms with Crippen molar-refractivity contribution in [2.24, 2.45) is 11.1 Å². The molecule has 0 fully saturated rings. The fraction of sp³-hybridized carbons (Fsp3) is 0.353. The largest absolute Gasteiger partial charge is 0.321 e. The molecule has 0 spiro atoms. The SMILES string of the molecule is CC(C)(C)C(=O)[C@@H](N)Cc1ccc2ccccc2c1. The smallest absolute Gasteiger partial charge is 0.155 e. The van der Waals surface area contributed by atoms with E-state index in [0.717, 1.165) is 5.56 Å². The number of carbonyl (C=O) groups excluding carboxylic acids is 1. The van der Waals surface area contributed by atoms with E-state index in [9.17, 15) is 4.79 Å². The first kappa shape index (κ1) is 13.8. The highest BCUT2D eigenvalue weighted by Crippen LogP contribution is 2.20. The molecule has 0 heterocycles. The topological polar surface area (TPSA) is 43.1 Å². The average Bonchev–Trinajstić information content (AvgIpc) is 2.36. The molecule has 0 unspecified atom stereocenters. The van der Waals surface area contributed by atoms with Crippen molar-refractivity contribution < 1.29 is 4.79 Å². The molecule has 2 aromatic rings. The lowest BCUT2D eigenvalue weighted by Gasteiger charge is -2.21. The van der Waals surface area contributed by atoms with Gasteiger partial charge in [-0.15, -0.1) is 0 Å². The van der Waals surface area contributed by atoms with E-state index in [-0.39, 0.29) is 11.2 Å². The van der Waals surface area contributed by atoms with Gasteiger partial charge in [-0.1, -0.05) is 63.2 Å². The Kier molecular flexibility index (Phi) is 3.72. The first-order valence-corrected chi connectivity index (χ1v) is 6.65. The van der Waals surface area contributed by atoms with Gasteiger partial charge in [0, 0.05) is 5.41 Å². The highest BCUT2D eigenvalue weighted by Gasteiger charge is 2.26. The van der Waals surface area contributed by atoms with Crippen LogP contribution < -0.4 is 5.73 Å². The van der Waals surface area contributed by atoms with Gasteiger partial charge in [-0.25, -0.2) is 0 Å². The van der Waals surface area contributed by atoms with E-state index in [4.69, 9.17) is 5.73 Å². The van der Waals surface area contributed by atoms with Crippen molar-refractivity contribution in [3.05, 3.63) is 48.0 Å². The van der Waals surface area contributed by atoms with Crippen LogP contribution in [0.25, 0.3) is 10.8 Å². The first-order valence-electron chi connectivity index (χ1n) is 6.65. The van der Waals surface area contributed by atoms with Crippen molar-refractivity contribution in [3.8, 4) is 0 Å². The van der Waals surface area contributed by atoms with Crippen molar-refractivity contribution in [1.29, 1.82) is 0 Å². The van der Waals surface area contributed by atoms with Crippen LogP contribution in [0.15, 0.2) is 42.5 Å². The second-order valence-corrected chi connectivity index (χ2v) is 6.11. The number of fused-ring (bicyclic) bond motifs is 1. The summed E-state index contributed by atoms with van der Waals surface area (Å²) < 4.78 is 0. The molecule has 2 nitrogen and oxygen atoms in total. The monoisotopic (exact) mass is 255 g/mol. The number of ketones is 1. The van der Waals surface area contributed by atoms with E-state index >= 15 is 0 Å². The Morgan fingerprint density at radius 3 is 2.37 bits per heavy atom. The van der Waals surface area contributed by atoms with E-state index in [1.54, 1.807) is 0 Å². The fourth-order valence-electron chi connectivity index (χ4n) is 2.27. The summed E-state index contributed by atoms with van der Waals surface area (Å²) in [6, 6.07) is 14.0. The minimum Gasteiger partial charge on any atom is -0.321 e. The van der Waals surface area contributed by atoms with E-state index in [2.05, 4.69) is 30.3 Å². The fourth-order valence-corrected chi connectivity index (χ4v) is 2.27. The molecular weight excluding hydrogens is 234 g/mol. The van der Waals surface area contributed by atoms with Crippen LogP contribution >= 0.6 is 0 Å². The maximum Gasteiger partial charge on any atom is 0.155 e. The summed E-state index contributed by atoms with van der Waals surface area (Å²) in [6.45, 7) is 5.74. The molecule has 0 bridgehead atoms. The Bertz CT molecular complexity index is 595. The maximum absolute atomic E-state index is 12.1. The van der Waals surface area contributed by atoms with Crippen molar-refractivity contribution in [2.45, 2.75) is 33.2 Å². The second-order valence-electron chi connectivity index (χ2n) is 6.11. The molecule has 2 N–H and O–H groups in total. The van der Waals surface area contributed by atoms with E-state index < -0.39 is 6.04 Å². The summed E-state index contributed by atoms with van der Waals surface area (Å²) in [5, 5.41) is 2.40. The average molecular weight is 255 g/mol. The van der Waals surface area contributed by atoms with E-state index in [1.165, 1.54) is 10.8 Å². The van der Waals surface area contributed by atoms with Gasteiger partial charge >= 0.3 is 0 Å². The summed E-state index contributed by atoms with van der Waals surface area (Å²) in [7, 11) is 0. The predicted octanol–water partition coefficient (Wildman–Crippen LogP) is 3.32. The Morgan fingerprint density at radius 2 is 1.74 bits per heavy atom. The van der Waals surface area contributed by atoms with Crippen molar-refractivity contribution in [3.63, 3.8) is 0 Å². The van der Waals surface area contributed by atoms with Crippen LogP contribution in [0.3, 0.4) is 0 Å². The summed E-state index contributed by atoms with van der Waals surface area (Å²) in [5.41, 5.74) is 6.77. The van der Waals surface area contributed by atoms with Gasteiger partial charge in [-0.05, 0) is 22.8 Å². The van der Waals surface area contributed by atoms with Crippen LogP contribution in [0, 0.1) is 5.41 Å². The molecule has 0 aliphatic carbocycles. The minimum atomic E-state index is -0.429. The van der Waals surface area contributed by atoms with Gasteiger partial charge in [0.1, 0.15) is 0 Å². The molecule has 0 saturated carbocycles. The normalized spacial score (nSPS) is 13.5. The summed E-state index contributed by atoms with van der Waals surface area (Å²) in [6.07, 6.45) is 0.598. The molecule has 2 heteroatoms. The van der Waals surface area contributed by atoms with Crippen molar-refractivity contribution >= 4 is 16.6 Å². The highest BCUT2D eigenvalue weighted by molar-refractivity contribution is 5.89. The number of rotatable bonds is 3. The lowest BCUT2D eigenvalue weighted by atomic mass is 9.84. The van der Waals surface area contributed by atoms with Crippen LogP contribution in [-0.2, 0) is 11.2 Å². The van der Waals surface area contributed by atoms with E-state index in [0.29, 0.717) is 6.42 Å². The Labute approximate surface area is 114 Å². The molecule has 0 aliphatic rings. The molecule has 100 valence electrons. The molecule has 2 rings (SSSR count). The zero-order chi connectivity index (χ0) is 14.0. The molecule has 1 atom stereocenters. The number of Topliss-reactive ketones (excluding diaryl/α,β-unsaturated/α-hetero) is 1. The third-order valence-electron chi connectivity index (χ3n) is 3.35. The molecule has 0 amide bonds. The summed E-state index contributed by atoms with van der Waals surface area (Å²) in [5.74, 6) is 0.112. The summed E-state index contributed by atoms with van der Waals surface area (Å²) >= 11 is 0. The van der Waals surface area contributed by atoms with E-state index in [1.807, 2.05) is 32.9 Å². The Hall–Kier alpha value is -1.67. The van der Waals surface area contributed by atoms with Gasteiger partial charge in [0.2, 0.25) is 0 Å². The maximum atomic E-state index is 12.1. The number of benzene rings is 2. The van der Waals surface area contributed by atoms with Crippen LogP contribution in [0.4, 0.5) is 0 Å². The van der Waals surface area contributed by atoms with Gasteiger partial charge in [-0.3, -0.25) is 4.79 Å². The molecule has 0 saturated heterocycles. The zero-order valence-corrected chi connectivity index (χ0v) is 11.8. The number of hydrogen-bond donors (Lipinski definition) is 1. The van der Waals surface area contributed by atoms with Gasteiger partial charge in [0.15, 0.2) is 5.78 Å². The van der Waals surface area contributed by atoms with Gasteiger partial charge < -0.3 is 5.73 Å². The molecule has 19 heavy (non-hydrogen) atoms. The third-order valence-corrected chi connectivity index (χ3v) is 3.35. The first-order chi connectivity index (χ1) is 8.88. The lowest BCUT2D eigenvalue weighted by molar-refractivity contribution is -0.127. The third kappa shape index (κ3) is 3.21. The zero-order valence-electron chi connectivity index (χ0n) is 11.8. The quantitative estimate of drug-likeness (QED) is 0.914. The number of nitrogens with two attached hydrogens (primary N) is 1. The molecule has 2 aromatic carbocycles. The molecular formula is C17H21NO. The molecule has 0 aliphatic heterocycles. The number of carbonyl (C=O) groups is 1. The van der Waals surface area contributed by atoms with Gasteiger partial charge in [-0.2, -0.15) is 0 Å². The van der Waals surface area contributed by atoms with Crippen LogP contribution in [0.5, 0.6) is 0 Å². The van der Waals surface area contributed by atoms with Crippen LogP contribution in [0.1, 0.15) is 26.3 Å². The number of hydrogen-bond acceptors (Lipinski definition) is 2. The van der Waals surface area contributed by atoms with Crippen molar-refractivity contribution in [2.75, 3.05) is 0 Å². The van der Waals surface area contributed by atoms with Gasteiger partial charge in [0.05, 0.1) is 6.04 Å². The summed E-state index contributed by atoms with van der Waals surface area (Å²) in [4.78, 5) is 12.1. The standard InChI is InChI=1S/C17H21NO/c1-17(2,3)16(19)15(18)11-12-8-9-13-6-4-5-7-14(13)10-12/h4-10,15H,11,18H2,1-3H3/t15-/m0/s1. The Morgan fingerprint density at radius 1 is 1.11 bits per heavy atom. The minimum absolute atomic E-state index is 0.112. The van der Waals surface area contributed by atoms with Crippen LogP contribution in [-0.4, -0.2) is 11.8 Å². The van der Waals surface area contributed by atoms with Crippen molar-refractivity contribution in [1.82, 2.24) is 0 Å². The van der Waals surface area contributed by atoms with Crippen LogP contribution in [0.2, 0.25) is 0 Å². The van der Waals surface area contributed by atoms with Gasteiger partial charge in [0.25, 0.3) is 0 Å². The molecule has 0 radical (unpaired) electrons. The Balaban J connectivity index is 2.19. The second kappa shape index (κ2) is 5.14. The predicted molar refractivity (Wildman–Crippen MR) is 80.1 cm³/mol. The highest BCUT2D eigenvalue weighted by atomic mass is 16.1.